The number of hydrogen-bond acceptors (Lipinski definition) is 0. The number of unbranched alkanes of at least 4 members (excludes halogenated alkanes) is 15. The molecule has 29 heavy (non-hydrogen) atoms. The predicted molar refractivity (Wildman–Crippen MR) is 132 cm³/mol. The van der Waals surface area contributed by atoms with Crippen LogP contribution in [0.4, 0.5) is 0 Å². The molecule has 170 valence electrons. The summed E-state index contributed by atoms with van der Waals surface area (Å²) in [6.45, 7) is 6.91. The quantitative estimate of drug-likeness (QED) is 0.197. The molecule has 0 aliphatic carbocycles. The van der Waals surface area contributed by atoms with Crippen molar-refractivity contribution in [3.63, 3.8) is 0 Å². The number of aromatic nitrogens is 1. The van der Waals surface area contributed by atoms with Crippen LogP contribution in [0, 0.1) is 0 Å². The third-order valence-corrected chi connectivity index (χ3v) is 6.43. The number of hydrogen-bond donors (Lipinski definition) is 1. The van der Waals surface area contributed by atoms with Gasteiger partial charge >= 0.3 is 0 Å². The van der Waals surface area contributed by atoms with Gasteiger partial charge in [-0.05, 0) is 50.2 Å². The molecule has 0 bridgehead atoms. The Labute approximate surface area is 183 Å². The largest absolute Gasteiger partial charge is 0.362 e. The van der Waals surface area contributed by atoms with Crippen LogP contribution in [0.15, 0.2) is 6.07 Å². The fourth-order valence-electron chi connectivity index (χ4n) is 4.46. The molecule has 0 saturated carbocycles. The zero-order valence-corrected chi connectivity index (χ0v) is 20.4. The van der Waals surface area contributed by atoms with Gasteiger partial charge in [-0.15, -0.1) is 0 Å². The summed E-state index contributed by atoms with van der Waals surface area (Å²) in [6, 6.07) is 2.53. The standard InChI is InChI=1S/C28H53N/c1-4-7-10-13-16-19-22-26-25-27(23-20-17-14-11-8-5-2)29-28(26)24-21-18-15-12-9-6-3/h25,29H,4-24H2,1-3H3. The Kier molecular flexibility index (Phi) is 17.5. The summed E-state index contributed by atoms with van der Waals surface area (Å²) in [5.41, 5.74) is 4.74. The van der Waals surface area contributed by atoms with Gasteiger partial charge in [0.25, 0.3) is 0 Å². The summed E-state index contributed by atoms with van der Waals surface area (Å²) < 4.78 is 0. The Bertz CT molecular complexity index is 425. The van der Waals surface area contributed by atoms with E-state index in [0.717, 1.165) is 0 Å². The summed E-state index contributed by atoms with van der Waals surface area (Å²) in [5.74, 6) is 0. The van der Waals surface area contributed by atoms with Crippen LogP contribution in [-0.4, -0.2) is 4.98 Å². The highest BCUT2D eigenvalue weighted by Crippen LogP contribution is 2.20. The van der Waals surface area contributed by atoms with E-state index in [9.17, 15) is 0 Å². The molecular weight excluding hydrogens is 350 g/mol. The van der Waals surface area contributed by atoms with E-state index in [4.69, 9.17) is 0 Å². The van der Waals surface area contributed by atoms with Gasteiger partial charge in [0.05, 0.1) is 0 Å². The molecule has 0 unspecified atom stereocenters. The fourth-order valence-corrected chi connectivity index (χ4v) is 4.46. The molecular formula is C28H53N. The van der Waals surface area contributed by atoms with Crippen LogP contribution in [0.25, 0.3) is 0 Å². The Morgan fingerprint density at radius 3 is 1.41 bits per heavy atom. The molecule has 1 aromatic heterocycles. The number of aromatic amines is 1. The Morgan fingerprint density at radius 1 is 0.483 bits per heavy atom. The van der Waals surface area contributed by atoms with Gasteiger partial charge in [-0.1, -0.05) is 117 Å². The predicted octanol–water partition coefficient (Wildman–Crippen LogP) is 9.72. The van der Waals surface area contributed by atoms with Crippen LogP contribution in [0.5, 0.6) is 0 Å². The smallest absolute Gasteiger partial charge is 0.0181 e. The maximum absolute atomic E-state index is 3.85. The van der Waals surface area contributed by atoms with Gasteiger partial charge < -0.3 is 4.98 Å². The summed E-state index contributed by atoms with van der Waals surface area (Å²) in [6.07, 6.45) is 29.0. The van der Waals surface area contributed by atoms with Gasteiger partial charge in [-0.25, -0.2) is 0 Å². The van der Waals surface area contributed by atoms with Crippen molar-refractivity contribution in [3.8, 4) is 0 Å². The average molecular weight is 404 g/mol. The average Bonchev–Trinajstić information content (AvgIpc) is 3.11. The van der Waals surface area contributed by atoms with Crippen molar-refractivity contribution in [2.45, 2.75) is 156 Å². The first-order chi connectivity index (χ1) is 14.3. The zero-order valence-electron chi connectivity index (χ0n) is 20.4. The van der Waals surface area contributed by atoms with Gasteiger partial charge in [0.2, 0.25) is 0 Å². The van der Waals surface area contributed by atoms with Gasteiger partial charge in [0, 0.05) is 11.4 Å². The normalized spacial score (nSPS) is 11.4. The van der Waals surface area contributed by atoms with Crippen LogP contribution in [0.3, 0.4) is 0 Å². The molecule has 1 rings (SSSR count). The van der Waals surface area contributed by atoms with Gasteiger partial charge in [-0.2, -0.15) is 0 Å². The van der Waals surface area contributed by atoms with Gasteiger partial charge in [0.1, 0.15) is 0 Å². The van der Waals surface area contributed by atoms with Crippen LogP contribution in [0.1, 0.15) is 153 Å². The summed E-state index contributed by atoms with van der Waals surface area (Å²) >= 11 is 0. The first kappa shape index (κ1) is 26.3. The Balaban J connectivity index is 2.40. The minimum Gasteiger partial charge on any atom is -0.362 e. The maximum Gasteiger partial charge on any atom is 0.0181 e. The van der Waals surface area contributed by atoms with E-state index in [2.05, 4.69) is 31.8 Å². The van der Waals surface area contributed by atoms with E-state index in [1.807, 2.05) is 0 Å². The minimum atomic E-state index is 1.26. The van der Waals surface area contributed by atoms with Crippen molar-refractivity contribution in [1.82, 2.24) is 4.98 Å². The molecule has 0 radical (unpaired) electrons. The number of rotatable bonds is 21. The number of H-pyrrole nitrogens is 1. The monoisotopic (exact) mass is 403 g/mol. The molecule has 0 spiro atoms. The Hall–Kier alpha value is -0.720. The molecule has 1 heteroatoms. The Morgan fingerprint density at radius 2 is 0.897 bits per heavy atom. The van der Waals surface area contributed by atoms with E-state index in [1.54, 1.807) is 11.3 Å². The zero-order chi connectivity index (χ0) is 21.0. The third-order valence-electron chi connectivity index (χ3n) is 6.43. The first-order valence-electron chi connectivity index (χ1n) is 13.5. The van der Waals surface area contributed by atoms with E-state index in [0.29, 0.717) is 0 Å². The second-order valence-corrected chi connectivity index (χ2v) is 9.35. The SMILES string of the molecule is CCCCCCCCc1cc(CCCCCCCC)c(CCCCCCCC)[nH]1. The number of nitrogens with one attached hydrogen (secondary N) is 1. The molecule has 1 nitrogen and oxygen atoms in total. The van der Waals surface area contributed by atoms with Crippen molar-refractivity contribution < 1.29 is 0 Å². The molecule has 0 aliphatic heterocycles. The molecule has 0 atom stereocenters. The molecule has 1 aromatic rings. The van der Waals surface area contributed by atoms with E-state index < -0.39 is 0 Å². The maximum atomic E-state index is 3.85. The van der Waals surface area contributed by atoms with Gasteiger partial charge in [0.15, 0.2) is 0 Å². The minimum absolute atomic E-state index is 1.26. The highest BCUT2D eigenvalue weighted by Gasteiger charge is 2.08. The van der Waals surface area contributed by atoms with E-state index in [1.165, 1.54) is 141 Å². The second-order valence-electron chi connectivity index (χ2n) is 9.35. The molecule has 1 heterocycles. The molecule has 0 amide bonds. The second kappa shape index (κ2) is 19.3. The number of aryl methyl sites for hydroxylation is 3. The van der Waals surface area contributed by atoms with Crippen molar-refractivity contribution in [3.05, 3.63) is 23.0 Å². The summed E-state index contributed by atoms with van der Waals surface area (Å²) in [7, 11) is 0. The van der Waals surface area contributed by atoms with Crippen molar-refractivity contribution in [1.29, 1.82) is 0 Å². The third kappa shape index (κ3) is 14.0. The van der Waals surface area contributed by atoms with Crippen LogP contribution in [0.2, 0.25) is 0 Å². The van der Waals surface area contributed by atoms with E-state index in [-0.39, 0.29) is 0 Å². The molecule has 0 aliphatic rings. The van der Waals surface area contributed by atoms with Crippen molar-refractivity contribution >= 4 is 0 Å². The van der Waals surface area contributed by atoms with Crippen LogP contribution >= 0.6 is 0 Å². The lowest BCUT2D eigenvalue weighted by molar-refractivity contribution is 0.596. The molecule has 0 saturated heterocycles. The lowest BCUT2D eigenvalue weighted by atomic mass is 10.0. The fraction of sp³-hybridized carbons (Fsp3) is 0.857. The molecule has 0 fully saturated rings. The first-order valence-corrected chi connectivity index (χ1v) is 13.5. The molecule has 1 N–H and O–H groups in total. The molecule has 0 aromatic carbocycles. The van der Waals surface area contributed by atoms with Crippen LogP contribution < -0.4 is 0 Å². The van der Waals surface area contributed by atoms with Crippen LogP contribution in [-0.2, 0) is 19.3 Å². The highest BCUT2D eigenvalue weighted by atomic mass is 14.7. The van der Waals surface area contributed by atoms with Gasteiger partial charge in [-0.3, -0.25) is 0 Å². The highest BCUT2D eigenvalue weighted by molar-refractivity contribution is 5.26. The summed E-state index contributed by atoms with van der Waals surface area (Å²) in [4.78, 5) is 3.85. The topological polar surface area (TPSA) is 15.8 Å². The lowest BCUT2D eigenvalue weighted by Crippen LogP contribution is -1.94. The summed E-state index contributed by atoms with van der Waals surface area (Å²) in [5, 5.41) is 0. The van der Waals surface area contributed by atoms with Crippen molar-refractivity contribution in [2.24, 2.45) is 0 Å². The van der Waals surface area contributed by atoms with Crippen molar-refractivity contribution in [2.75, 3.05) is 0 Å². The lowest BCUT2D eigenvalue weighted by Gasteiger charge is -2.05. The van der Waals surface area contributed by atoms with E-state index >= 15 is 0 Å².